The highest BCUT2D eigenvalue weighted by Gasteiger charge is 2.13. The van der Waals surface area contributed by atoms with Crippen LogP contribution in [0.4, 0.5) is 5.82 Å². The van der Waals surface area contributed by atoms with Crippen LogP contribution >= 0.6 is 22.6 Å². The molecule has 0 atom stereocenters. The number of benzene rings is 1. The molecular weight excluding hydrogens is 375 g/mol. The lowest BCUT2D eigenvalue weighted by molar-refractivity contribution is 0.409. The maximum absolute atomic E-state index is 4.77. The second-order valence-electron chi connectivity index (χ2n) is 5.10. The van der Waals surface area contributed by atoms with E-state index in [0.29, 0.717) is 0 Å². The van der Waals surface area contributed by atoms with Crippen LogP contribution in [0.3, 0.4) is 0 Å². The first-order valence-corrected chi connectivity index (χ1v) is 8.20. The number of hydrogen-bond donors (Lipinski definition) is 1. The molecule has 0 saturated carbocycles. The summed E-state index contributed by atoms with van der Waals surface area (Å²) in [5, 5.41) is 3.34. The maximum Gasteiger partial charge on any atom is 0.143 e. The second kappa shape index (κ2) is 7.70. The molecule has 0 saturated heterocycles. The molecule has 0 fully saturated rings. The van der Waals surface area contributed by atoms with E-state index in [0.717, 1.165) is 46.0 Å². The van der Waals surface area contributed by atoms with E-state index in [1.807, 2.05) is 18.2 Å². The summed E-state index contributed by atoms with van der Waals surface area (Å²) in [5.41, 5.74) is 2.14. The van der Waals surface area contributed by atoms with Crippen LogP contribution < -0.4 is 5.32 Å². The molecule has 112 valence electrons. The van der Waals surface area contributed by atoms with Gasteiger partial charge in [-0.05, 0) is 43.6 Å². The average Bonchev–Trinajstić information content (AvgIpc) is 2.49. The van der Waals surface area contributed by atoms with Crippen LogP contribution in [0.25, 0.3) is 11.3 Å². The lowest BCUT2D eigenvalue weighted by Crippen LogP contribution is -2.17. The molecule has 0 aliphatic rings. The first-order chi connectivity index (χ1) is 10.1. The first kappa shape index (κ1) is 16.2. The normalized spacial score (nSPS) is 10.9. The third-order valence-corrected chi connectivity index (χ3v) is 4.09. The van der Waals surface area contributed by atoms with Gasteiger partial charge in [0.1, 0.15) is 11.6 Å². The summed E-state index contributed by atoms with van der Waals surface area (Å²) in [6.07, 6.45) is 0.849. The van der Waals surface area contributed by atoms with Crippen LogP contribution in [-0.4, -0.2) is 42.1 Å². The standard InChI is InChI=1S/C16H21IN4/c1-4-18-16-14(17)15(12-8-6-5-7-9-12)19-13(20-16)10-11-21(2)3/h5-9H,4,10-11H2,1-3H3,(H,18,19,20). The third-order valence-electron chi connectivity index (χ3n) is 3.07. The maximum atomic E-state index is 4.77. The molecule has 1 aromatic carbocycles. The Balaban J connectivity index is 2.42. The monoisotopic (exact) mass is 396 g/mol. The average molecular weight is 396 g/mol. The minimum atomic E-state index is 0.849. The van der Waals surface area contributed by atoms with Crippen LogP contribution in [-0.2, 0) is 6.42 Å². The van der Waals surface area contributed by atoms with Crippen molar-refractivity contribution in [3.8, 4) is 11.3 Å². The Hall–Kier alpha value is -1.21. The summed E-state index contributed by atoms with van der Waals surface area (Å²) in [7, 11) is 4.13. The lowest BCUT2D eigenvalue weighted by Gasteiger charge is -2.14. The number of rotatable bonds is 6. The van der Waals surface area contributed by atoms with Crippen molar-refractivity contribution in [2.24, 2.45) is 0 Å². The molecule has 21 heavy (non-hydrogen) atoms. The van der Waals surface area contributed by atoms with Crippen molar-refractivity contribution in [1.82, 2.24) is 14.9 Å². The molecule has 2 rings (SSSR count). The van der Waals surface area contributed by atoms with Gasteiger partial charge in [0.25, 0.3) is 0 Å². The second-order valence-corrected chi connectivity index (χ2v) is 6.18. The zero-order valence-electron chi connectivity index (χ0n) is 12.7. The van der Waals surface area contributed by atoms with Gasteiger partial charge in [0, 0.05) is 25.1 Å². The molecule has 0 spiro atoms. The van der Waals surface area contributed by atoms with Crippen molar-refractivity contribution in [1.29, 1.82) is 0 Å². The van der Waals surface area contributed by atoms with Crippen LogP contribution in [0.15, 0.2) is 30.3 Å². The van der Waals surface area contributed by atoms with E-state index < -0.39 is 0 Å². The number of halogens is 1. The molecule has 1 heterocycles. The predicted molar refractivity (Wildman–Crippen MR) is 96.6 cm³/mol. The molecule has 1 aromatic heterocycles. The predicted octanol–water partition coefficient (Wildman–Crippen LogP) is 3.28. The Labute approximate surface area is 140 Å². The molecule has 2 aromatic rings. The van der Waals surface area contributed by atoms with Gasteiger partial charge in [-0.1, -0.05) is 30.3 Å². The van der Waals surface area contributed by atoms with Gasteiger partial charge in [-0.2, -0.15) is 0 Å². The smallest absolute Gasteiger partial charge is 0.143 e. The van der Waals surface area contributed by atoms with Crippen molar-refractivity contribution in [3.05, 3.63) is 39.7 Å². The topological polar surface area (TPSA) is 41.1 Å². The molecule has 4 nitrogen and oxygen atoms in total. The summed E-state index contributed by atoms with van der Waals surface area (Å²) < 4.78 is 1.08. The Morgan fingerprint density at radius 3 is 2.48 bits per heavy atom. The van der Waals surface area contributed by atoms with Gasteiger partial charge in [0.15, 0.2) is 0 Å². The Morgan fingerprint density at radius 2 is 1.86 bits per heavy atom. The summed E-state index contributed by atoms with van der Waals surface area (Å²) in [4.78, 5) is 11.6. The highest BCUT2D eigenvalue weighted by Crippen LogP contribution is 2.28. The summed E-state index contributed by atoms with van der Waals surface area (Å²) in [5.74, 6) is 1.82. The summed E-state index contributed by atoms with van der Waals surface area (Å²) in [6.45, 7) is 3.88. The van der Waals surface area contributed by atoms with Crippen molar-refractivity contribution in [2.75, 3.05) is 32.5 Å². The molecule has 0 aliphatic heterocycles. The first-order valence-electron chi connectivity index (χ1n) is 7.12. The molecular formula is C16H21IN4. The minimum absolute atomic E-state index is 0.849. The number of hydrogen-bond acceptors (Lipinski definition) is 4. The SMILES string of the molecule is CCNc1nc(CCN(C)C)nc(-c2ccccc2)c1I. The number of aromatic nitrogens is 2. The molecule has 0 unspecified atom stereocenters. The van der Waals surface area contributed by atoms with Gasteiger partial charge in [0.05, 0.1) is 9.26 Å². The quantitative estimate of drug-likeness (QED) is 0.761. The summed E-state index contributed by atoms with van der Waals surface area (Å²) >= 11 is 2.33. The molecule has 0 bridgehead atoms. The fourth-order valence-corrected chi connectivity index (χ4v) is 2.74. The number of anilines is 1. The fraction of sp³-hybridized carbons (Fsp3) is 0.375. The van der Waals surface area contributed by atoms with Crippen molar-refractivity contribution >= 4 is 28.4 Å². The van der Waals surface area contributed by atoms with E-state index in [2.05, 4.69) is 70.9 Å². The van der Waals surface area contributed by atoms with E-state index in [1.165, 1.54) is 0 Å². The van der Waals surface area contributed by atoms with Gasteiger partial charge in [-0.3, -0.25) is 0 Å². The van der Waals surface area contributed by atoms with Crippen LogP contribution in [0.1, 0.15) is 12.7 Å². The lowest BCUT2D eigenvalue weighted by atomic mass is 10.1. The Bertz CT molecular complexity index is 584. The number of nitrogens with zero attached hydrogens (tertiary/aromatic N) is 3. The molecule has 0 radical (unpaired) electrons. The van der Waals surface area contributed by atoms with Gasteiger partial charge in [-0.25, -0.2) is 9.97 Å². The zero-order chi connectivity index (χ0) is 15.2. The largest absolute Gasteiger partial charge is 0.369 e. The molecule has 5 heteroatoms. The number of nitrogens with one attached hydrogen (secondary N) is 1. The molecule has 0 amide bonds. The highest BCUT2D eigenvalue weighted by atomic mass is 127. The van der Waals surface area contributed by atoms with E-state index in [-0.39, 0.29) is 0 Å². The van der Waals surface area contributed by atoms with Gasteiger partial charge in [-0.15, -0.1) is 0 Å². The fourth-order valence-electron chi connectivity index (χ4n) is 2.00. The van der Waals surface area contributed by atoms with E-state index in [9.17, 15) is 0 Å². The van der Waals surface area contributed by atoms with Crippen LogP contribution in [0.5, 0.6) is 0 Å². The third kappa shape index (κ3) is 4.38. The van der Waals surface area contributed by atoms with Crippen LogP contribution in [0.2, 0.25) is 0 Å². The van der Waals surface area contributed by atoms with Crippen LogP contribution in [0, 0.1) is 3.57 Å². The van der Waals surface area contributed by atoms with E-state index in [1.54, 1.807) is 0 Å². The van der Waals surface area contributed by atoms with Gasteiger partial charge < -0.3 is 10.2 Å². The van der Waals surface area contributed by atoms with Crippen molar-refractivity contribution in [3.63, 3.8) is 0 Å². The number of likely N-dealkylation sites (N-methyl/N-ethyl adjacent to an activating group) is 1. The zero-order valence-corrected chi connectivity index (χ0v) is 14.9. The summed E-state index contributed by atoms with van der Waals surface area (Å²) in [6, 6.07) is 10.3. The Morgan fingerprint density at radius 1 is 1.14 bits per heavy atom. The Kier molecular flexibility index (Phi) is 5.93. The van der Waals surface area contributed by atoms with E-state index >= 15 is 0 Å². The minimum Gasteiger partial charge on any atom is -0.369 e. The highest BCUT2D eigenvalue weighted by molar-refractivity contribution is 14.1. The van der Waals surface area contributed by atoms with Crippen molar-refractivity contribution in [2.45, 2.75) is 13.3 Å². The van der Waals surface area contributed by atoms with Gasteiger partial charge in [0.2, 0.25) is 0 Å². The molecule has 1 N–H and O–H groups in total. The van der Waals surface area contributed by atoms with E-state index in [4.69, 9.17) is 4.98 Å². The molecule has 0 aliphatic carbocycles. The van der Waals surface area contributed by atoms with Gasteiger partial charge >= 0.3 is 0 Å². The van der Waals surface area contributed by atoms with Crippen molar-refractivity contribution < 1.29 is 0 Å².